The lowest BCUT2D eigenvalue weighted by atomic mass is 10.0. The molecule has 11 nitrogen and oxygen atoms in total. The third kappa shape index (κ3) is 8.19. The molecular weight excluding hydrogens is 656 g/mol. The molecule has 17 heteroatoms. The number of sulfonamides is 2. The van der Waals surface area contributed by atoms with Crippen molar-refractivity contribution in [1.29, 1.82) is 0 Å². The van der Waals surface area contributed by atoms with Gasteiger partial charge < -0.3 is 10.2 Å². The van der Waals surface area contributed by atoms with Gasteiger partial charge >= 0.3 is 6.18 Å². The fourth-order valence-electron chi connectivity index (χ4n) is 4.66. The average Bonchev–Trinajstić information content (AvgIpc) is 3.36. The smallest absolute Gasteiger partial charge is 0.351 e. The number of halogens is 3. The number of carbonyl (C=O) groups excluding carboxylic acids is 2. The van der Waals surface area contributed by atoms with Gasteiger partial charge in [-0.2, -0.15) is 17.5 Å². The number of aryl methyl sites for hydroxylation is 1. The maximum absolute atomic E-state index is 13.7. The quantitative estimate of drug-likeness (QED) is 0.348. The van der Waals surface area contributed by atoms with Crippen LogP contribution in [0.1, 0.15) is 51.8 Å². The average molecular weight is 688 g/mol. The summed E-state index contributed by atoms with van der Waals surface area (Å²) in [5, 5.41) is 3.03. The second kappa shape index (κ2) is 13.1. The summed E-state index contributed by atoms with van der Waals surface area (Å²) < 4.78 is 92.6. The fraction of sp³-hybridized carbons (Fsp3) is 0.393. The highest BCUT2D eigenvalue weighted by Crippen LogP contribution is 2.32. The Morgan fingerprint density at radius 1 is 1.02 bits per heavy atom. The Balaban J connectivity index is 1.62. The minimum absolute atomic E-state index is 0.0282. The Labute approximate surface area is 263 Å². The number of amides is 2. The van der Waals surface area contributed by atoms with Gasteiger partial charge in [0.15, 0.2) is 5.13 Å². The van der Waals surface area contributed by atoms with Crippen LogP contribution in [0.2, 0.25) is 0 Å². The van der Waals surface area contributed by atoms with Gasteiger partial charge in [0, 0.05) is 26.2 Å². The summed E-state index contributed by atoms with van der Waals surface area (Å²) in [6.07, 6.45) is -3.83. The van der Waals surface area contributed by atoms with Crippen molar-refractivity contribution in [3.8, 4) is 0 Å². The van der Waals surface area contributed by atoms with Crippen LogP contribution in [0.15, 0.2) is 53.4 Å². The number of thiazole rings is 1. The number of nitrogens with zero attached hydrogens (tertiary/aromatic N) is 3. The summed E-state index contributed by atoms with van der Waals surface area (Å²) in [5.74, 6) is -1.22. The van der Waals surface area contributed by atoms with Crippen molar-refractivity contribution in [2.45, 2.75) is 50.3 Å². The SMILES string of the molecule is Cc1nc(N2CCN(S(=O)(=O)c3ccc(C(F)(F)F)cc3)[C@@H](C(=O)NCc3ccc(C(C)C)cc3)C2)sc1C(=O)NS(C)(=O)=O. The van der Waals surface area contributed by atoms with E-state index in [1.807, 2.05) is 42.8 Å². The number of carbonyl (C=O) groups is 2. The Bertz CT molecular complexity index is 1780. The van der Waals surface area contributed by atoms with E-state index in [0.29, 0.717) is 18.1 Å². The largest absolute Gasteiger partial charge is 0.416 e. The number of aromatic nitrogens is 1. The van der Waals surface area contributed by atoms with Crippen molar-refractivity contribution in [2.24, 2.45) is 0 Å². The van der Waals surface area contributed by atoms with Crippen molar-refractivity contribution >= 4 is 48.3 Å². The van der Waals surface area contributed by atoms with E-state index in [-0.39, 0.29) is 41.9 Å². The van der Waals surface area contributed by atoms with Crippen molar-refractivity contribution in [1.82, 2.24) is 19.3 Å². The van der Waals surface area contributed by atoms with Gasteiger partial charge in [0.25, 0.3) is 5.91 Å². The van der Waals surface area contributed by atoms with Crippen LogP contribution in [-0.4, -0.2) is 69.9 Å². The topological polar surface area (TPSA) is 146 Å². The van der Waals surface area contributed by atoms with E-state index >= 15 is 0 Å². The van der Waals surface area contributed by atoms with E-state index in [1.54, 1.807) is 4.90 Å². The van der Waals surface area contributed by atoms with Gasteiger partial charge in [-0.1, -0.05) is 49.4 Å². The normalized spacial score (nSPS) is 16.5. The first-order valence-electron chi connectivity index (χ1n) is 13.7. The molecule has 0 unspecified atom stereocenters. The number of benzene rings is 2. The van der Waals surface area contributed by atoms with Crippen LogP contribution in [0.25, 0.3) is 0 Å². The standard InChI is InChI=1S/C28H32F3N5O6S3/c1-17(2)20-7-5-19(6-8-20)15-32-25(37)23-16-35(27-33-18(3)24(43-27)26(38)34-44(4,39)40)13-14-36(23)45(41,42)22-11-9-21(10-12-22)28(29,30)31/h5-12,17,23H,13-16H2,1-4H3,(H,32,37)(H,34,38)/t23-/m1/s1. The van der Waals surface area contributed by atoms with E-state index in [0.717, 1.165) is 45.2 Å². The summed E-state index contributed by atoms with van der Waals surface area (Å²) in [4.78, 5) is 31.7. The third-order valence-corrected chi connectivity index (χ3v) is 10.8. The molecule has 0 radical (unpaired) electrons. The molecule has 1 fully saturated rings. The van der Waals surface area contributed by atoms with E-state index in [9.17, 15) is 39.6 Å². The van der Waals surface area contributed by atoms with Gasteiger partial charge in [-0.3, -0.25) is 9.59 Å². The molecule has 0 aliphatic carbocycles. The molecule has 2 N–H and O–H groups in total. The first-order valence-corrected chi connectivity index (χ1v) is 17.8. The van der Waals surface area contributed by atoms with Crippen molar-refractivity contribution in [2.75, 3.05) is 30.8 Å². The number of anilines is 1. The second-order valence-corrected chi connectivity index (χ2v) is 15.4. The summed E-state index contributed by atoms with van der Waals surface area (Å²) in [6.45, 7) is 5.29. The van der Waals surface area contributed by atoms with E-state index in [1.165, 1.54) is 6.92 Å². The maximum Gasteiger partial charge on any atom is 0.416 e. The molecule has 1 aromatic heterocycles. The number of rotatable bonds is 9. The lowest BCUT2D eigenvalue weighted by molar-refractivity contribution is -0.137. The van der Waals surface area contributed by atoms with Crippen LogP contribution < -0.4 is 14.9 Å². The molecule has 3 aromatic rings. The second-order valence-electron chi connectivity index (χ2n) is 10.8. The Kier molecular flexibility index (Phi) is 9.96. The Morgan fingerprint density at radius 3 is 2.20 bits per heavy atom. The highest BCUT2D eigenvalue weighted by Gasteiger charge is 2.41. The highest BCUT2D eigenvalue weighted by atomic mass is 32.2. The first kappa shape index (κ1) is 34.3. The number of alkyl halides is 3. The molecule has 2 amide bonds. The van der Waals surface area contributed by atoms with Crippen LogP contribution in [-0.2, 0) is 37.6 Å². The Hall–Kier alpha value is -3.54. The predicted molar refractivity (Wildman–Crippen MR) is 163 cm³/mol. The van der Waals surface area contributed by atoms with Crippen LogP contribution in [0, 0.1) is 6.92 Å². The number of hydrogen-bond donors (Lipinski definition) is 2. The molecular formula is C28H32F3N5O6S3. The molecule has 45 heavy (non-hydrogen) atoms. The van der Waals surface area contributed by atoms with Gasteiger partial charge in [0.2, 0.25) is 26.0 Å². The Morgan fingerprint density at radius 2 is 1.64 bits per heavy atom. The number of piperazine rings is 1. The van der Waals surface area contributed by atoms with Crippen molar-refractivity contribution in [3.05, 3.63) is 75.8 Å². The molecule has 0 bridgehead atoms. The molecule has 1 aliphatic rings. The van der Waals surface area contributed by atoms with Gasteiger partial charge in [0.1, 0.15) is 10.9 Å². The zero-order valence-electron chi connectivity index (χ0n) is 24.8. The van der Waals surface area contributed by atoms with Crippen molar-refractivity contribution < 1.29 is 39.6 Å². The van der Waals surface area contributed by atoms with E-state index in [2.05, 4.69) is 10.3 Å². The highest BCUT2D eigenvalue weighted by molar-refractivity contribution is 7.89. The van der Waals surface area contributed by atoms with E-state index < -0.39 is 54.5 Å². The number of hydrogen-bond acceptors (Lipinski definition) is 9. The van der Waals surface area contributed by atoms with Gasteiger partial charge in [-0.25, -0.2) is 26.5 Å². The molecule has 244 valence electrons. The van der Waals surface area contributed by atoms with Crippen molar-refractivity contribution in [3.63, 3.8) is 0 Å². The molecule has 2 heterocycles. The molecule has 1 atom stereocenters. The van der Waals surface area contributed by atoms with Gasteiger partial charge in [-0.05, 0) is 48.2 Å². The lowest BCUT2D eigenvalue weighted by Gasteiger charge is -2.39. The lowest BCUT2D eigenvalue weighted by Crippen LogP contribution is -2.60. The molecule has 0 spiro atoms. The van der Waals surface area contributed by atoms with Crippen LogP contribution in [0.5, 0.6) is 0 Å². The monoisotopic (exact) mass is 687 g/mol. The zero-order valence-corrected chi connectivity index (χ0v) is 27.2. The molecule has 1 saturated heterocycles. The van der Waals surface area contributed by atoms with Crippen LogP contribution in [0.4, 0.5) is 18.3 Å². The molecule has 0 saturated carbocycles. The zero-order chi connectivity index (χ0) is 33.3. The minimum Gasteiger partial charge on any atom is -0.351 e. The van der Waals surface area contributed by atoms with Crippen LogP contribution in [0.3, 0.4) is 0 Å². The van der Waals surface area contributed by atoms with E-state index in [4.69, 9.17) is 0 Å². The summed E-state index contributed by atoms with van der Waals surface area (Å²) >= 11 is 0.883. The van der Waals surface area contributed by atoms with Gasteiger partial charge in [0.05, 0.1) is 22.4 Å². The summed E-state index contributed by atoms with van der Waals surface area (Å²) in [5.41, 5.74) is 1.10. The fourth-order valence-corrected chi connectivity index (χ4v) is 7.73. The molecule has 2 aromatic carbocycles. The predicted octanol–water partition coefficient (Wildman–Crippen LogP) is 3.48. The minimum atomic E-state index is -4.66. The number of nitrogens with one attached hydrogen (secondary N) is 2. The summed E-state index contributed by atoms with van der Waals surface area (Å²) in [7, 11) is -8.27. The maximum atomic E-state index is 13.7. The van der Waals surface area contributed by atoms with Gasteiger partial charge in [-0.15, -0.1) is 0 Å². The molecule has 1 aliphatic heterocycles. The third-order valence-electron chi connectivity index (χ3n) is 7.08. The van der Waals surface area contributed by atoms with Crippen LogP contribution >= 0.6 is 11.3 Å². The summed E-state index contributed by atoms with van der Waals surface area (Å²) in [6, 6.07) is 9.27. The first-order chi connectivity index (χ1) is 20.9. The molecule has 4 rings (SSSR count).